The highest BCUT2D eigenvalue weighted by molar-refractivity contribution is 6.30. The first-order valence-corrected chi connectivity index (χ1v) is 43.6. The number of carbonyl (C=O) groups is 4. The fourth-order valence-electron chi connectivity index (χ4n) is 19.6. The Kier molecular flexibility index (Phi) is 22.7. The second-order valence-electron chi connectivity index (χ2n) is 35.0. The molecule has 38 nitrogen and oxygen atoms in total. The predicted molar refractivity (Wildman–Crippen MR) is 484 cm³/mol. The molecule has 7 aliphatic heterocycles. The van der Waals surface area contributed by atoms with Crippen LogP contribution in [0.1, 0.15) is 85.4 Å². The van der Waals surface area contributed by atoms with E-state index in [1.807, 2.05) is 97.8 Å². The molecular weight excluding hydrogens is 1650 g/mol. The van der Waals surface area contributed by atoms with Crippen molar-refractivity contribution in [3.05, 3.63) is 178 Å². The van der Waals surface area contributed by atoms with Crippen molar-refractivity contribution in [1.82, 2.24) is 122 Å². The Bertz CT molecular complexity index is 6020. The molecule has 128 heavy (non-hydrogen) atoms. The van der Waals surface area contributed by atoms with Crippen LogP contribution in [0, 0.1) is 66.1 Å². The Morgan fingerprint density at radius 1 is 0.477 bits per heavy atom. The summed E-state index contributed by atoms with van der Waals surface area (Å²) in [6.45, 7) is 40.3. The van der Waals surface area contributed by atoms with Gasteiger partial charge in [-0.1, -0.05) is 71.0 Å². The number of rotatable bonds is 26. The van der Waals surface area contributed by atoms with E-state index in [0.717, 1.165) is 134 Å². The van der Waals surface area contributed by atoms with Crippen molar-refractivity contribution >= 4 is 110 Å². The zero-order valence-electron chi connectivity index (χ0n) is 73.8. The maximum Gasteiger partial charge on any atom is 0.256 e. The number of nitrogens with zero attached hydrogens (tertiary/aromatic N) is 25. The fraction of sp³-hybridized carbons (Fsp3) is 0.438. The molecule has 5 aliphatic carbocycles. The average Bonchev–Trinajstić information content (AvgIpc) is 1.58. The molecule has 0 radical (unpaired) electrons. The minimum atomic E-state index is -0.179. The second kappa shape index (κ2) is 34.2. The molecule has 4 saturated heterocycles. The minimum absolute atomic E-state index is 0.00601. The van der Waals surface area contributed by atoms with Crippen LogP contribution in [0.2, 0.25) is 5.15 Å². The van der Waals surface area contributed by atoms with Gasteiger partial charge in [0.25, 0.3) is 23.5 Å². The number of hydrogen-bond acceptors (Lipinski definition) is 26. The van der Waals surface area contributed by atoms with E-state index >= 15 is 0 Å². The summed E-state index contributed by atoms with van der Waals surface area (Å²) >= 11 is 6.43. The van der Waals surface area contributed by atoms with E-state index in [-0.39, 0.29) is 35.6 Å². The molecule has 9 aromatic rings. The predicted octanol–water partition coefficient (Wildman–Crippen LogP) is 8.85. The number of hydrogen-bond donors (Lipinski definition) is 5. The molecule has 9 fully saturated rings. The van der Waals surface area contributed by atoms with Gasteiger partial charge in [0.05, 0.1) is 94.4 Å². The molecule has 12 aliphatic rings. The van der Waals surface area contributed by atoms with E-state index in [1.165, 1.54) is 67.8 Å². The van der Waals surface area contributed by atoms with E-state index in [1.54, 1.807) is 64.1 Å². The van der Waals surface area contributed by atoms with Gasteiger partial charge in [-0.3, -0.25) is 51.6 Å². The highest BCUT2D eigenvalue weighted by atomic mass is 35.5. The Morgan fingerprint density at radius 3 is 1.22 bits per heavy atom. The summed E-state index contributed by atoms with van der Waals surface area (Å²) in [6, 6.07) is -0.00601. The monoisotopic (exact) mass is 1760 g/mol. The Hall–Kier alpha value is -13.8. The largest absolute Gasteiger partial charge is 0.478 e. The van der Waals surface area contributed by atoms with Crippen molar-refractivity contribution < 1.29 is 38.1 Å². The molecule has 670 valence electrons. The number of amides is 4. The van der Waals surface area contributed by atoms with Crippen LogP contribution in [0.25, 0.3) is 40.2 Å². The molecule has 39 heteroatoms. The summed E-state index contributed by atoms with van der Waals surface area (Å²) in [5.41, 5.74) is 9.53. The van der Waals surface area contributed by atoms with Gasteiger partial charge in [0, 0.05) is 154 Å². The van der Waals surface area contributed by atoms with Gasteiger partial charge in [-0.15, -0.1) is 25.5 Å². The van der Waals surface area contributed by atoms with Crippen LogP contribution in [0.5, 0.6) is 23.5 Å². The maximum atomic E-state index is 12.0. The zero-order chi connectivity index (χ0) is 89.7. The van der Waals surface area contributed by atoms with E-state index in [9.17, 15) is 19.2 Å². The third kappa shape index (κ3) is 16.1. The van der Waals surface area contributed by atoms with Crippen molar-refractivity contribution in [2.45, 2.75) is 63.8 Å². The lowest BCUT2D eigenvalue weighted by Crippen LogP contribution is -2.39. The number of imidazole rings is 4. The molecule has 8 unspecified atom stereocenters. The molecular formula is C89H109ClN30O8. The number of likely N-dealkylation sites (tertiary alicyclic amines) is 3. The quantitative estimate of drug-likeness (QED) is 0.0316. The molecule has 5 saturated carbocycles. The number of aromatic nitrogens is 18. The lowest BCUT2D eigenvalue weighted by Gasteiger charge is -2.34. The number of carbonyl (C=O) groups excluding carboxylic acids is 4. The van der Waals surface area contributed by atoms with E-state index in [0.29, 0.717) is 129 Å². The molecule has 0 spiro atoms. The number of nitrogens with one attached hydrogen (secondary N) is 5. The topological polar surface area (TPSA) is 356 Å². The van der Waals surface area contributed by atoms with Crippen LogP contribution in [0.4, 0.5) is 34.5 Å². The second-order valence-corrected chi connectivity index (χ2v) is 35.4. The fourth-order valence-corrected chi connectivity index (χ4v) is 19.8. The third-order valence-corrected chi connectivity index (χ3v) is 27.2. The van der Waals surface area contributed by atoms with E-state index < -0.39 is 0 Å². The first-order chi connectivity index (χ1) is 61.7. The van der Waals surface area contributed by atoms with Crippen molar-refractivity contribution in [2.75, 3.05) is 127 Å². The SMILES string of the molecule is C=CC(=O)N1CC2C(CN3C=C(Nc4cn(C)nc4OC)c4ncc(C5CC5)n4C3=C)C2C1.C=CC(=O)N1CC2C(CN3C=C(Nc4cn(C)nc4OC)c4ncc(C5CCC5)n4C3=C)C2C1.C=CC(=O)N1CC2C(CN3C=C(Nc4cn(C)nc4OC)c4ncc(Cl)n4C3=C)C2C1.C=CC(=O)NC1CN(c2nc(Nc3cn(C)nc3OC)c3ncc(C)n3n2)CC1C. The molecule has 0 aromatic carbocycles. The van der Waals surface area contributed by atoms with Crippen LogP contribution >= 0.6 is 11.6 Å². The van der Waals surface area contributed by atoms with Crippen LogP contribution in [-0.2, 0) is 47.4 Å². The van der Waals surface area contributed by atoms with E-state index in [4.69, 9.17) is 45.5 Å². The van der Waals surface area contributed by atoms with Crippen molar-refractivity contribution in [1.29, 1.82) is 0 Å². The minimum Gasteiger partial charge on any atom is -0.478 e. The van der Waals surface area contributed by atoms with Gasteiger partial charge in [0.15, 0.2) is 28.9 Å². The highest BCUT2D eigenvalue weighted by Crippen LogP contribution is 2.56. The van der Waals surface area contributed by atoms with Gasteiger partial charge in [-0.05, 0) is 116 Å². The summed E-state index contributed by atoms with van der Waals surface area (Å²) in [7, 11) is 13.8. The standard InChI is InChI=1S/C25H31N7O2.C24H29N7O2.C21H24ClN7O2.C19H25N9O2/c1-5-23(33)31-11-18-17(19(18)12-31)10-30-14-20(27-21-13-29(3)28-25(21)34-4)24-26-9-22(16-7-6-8-16)32(24)15(30)2;1-5-22(32)30-10-17-16(18(17)11-30)9-29-13-19(26-20-12-28(3)27-24(20)33-4)23-25-8-21(15-6-7-15)31(23)14(29)2;1-5-19(30)28-8-14-13(15(14)9-28)7-27-11-16(20-23-6-18(22)29(20)12(27)2)24-17-10-26(3)25-21(17)31-4;1-6-15(29)21-13-10-27(8-11(13)2)19-23-16(17-20-7-12(3)28(17)25-19)22-14-9-26(4)24-18(14)30-5/h5,9,13-14,16-19,27H,1-2,6-8,10-12H2,3-4H3;5,8,12-13,15-18,26H,1-2,6-7,9-11H2,3-4H3;5-6,10-11,13-15,24H,1-2,7-9H2,3-4H3;6-7,9,11,13H,1,8,10H2,2-5H3,(H,21,29)(H,22,23,25). The Morgan fingerprint density at radius 2 is 0.852 bits per heavy atom. The lowest BCUT2D eigenvalue weighted by molar-refractivity contribution is -0.126. The third-order valence-electron chi connectivity index (χ3n) is 26.9. The first-order valence-electron chi connectivity index (χ1n) is 43.2. The molecule has 0 bridgehead atoms. The maximum absolute atomic E-state index is 12.0. The summed E-state index contributed by atoms with van der Waals surface area (Å²) in [4.78, 5) is 85.1. The van der Waals surface area contributed by atoms with Gasteiger partial charge in [0.1, 0.15) is 45.4 Å². The number of ether oxygens (including phenoxy) is 4. The smallest absolute Gasteiger partial charge is 0.256 e. The van der Waals surface area contributed by atoms with Gasteiger partial charge in [-0.2, -0.15) is 4.98 Å². The number of aryl methyl sites for hydroxylation is 5. The number of piperidine rings is 3. The van der Waals surface area contributed by atoms with Gasteiger partial charge < -0.3 is 79.8 Å². The average molecular weight is 1760 g/mol. The van der Waals surface area contributed by atoms with Gasteiger partial charge in [0.2, 0.25) is 29.6 Å². The number of fused-ring (bicyclic) bond motifs is 7. The highest BCUT2D eigenvalue weighted by Gasteiger charge is 2.59. The molecule has 16 heterocycles. The number of halogens is 1. The summed E-state index contributed by atoms with van der Waals surface area (Å²) in [5, 5.41) is 39.1. The Labute approximate surface area is 745 Å². The van der Waals surface area contributed by atoms with Gasteiger partial charge in [-0.25, -0.2) is 24.5 Å². The summed E-state index contributed by atoms with van der Waals surface area (Å²) in [5.74, 6) is 14.3. The number of anilines is 6. The van der Waals surface area contributed by atoms with Crippen LogP contribution in [0.3, 0.4) is 0 Å². The normalized spacial score (nSPS) is 23.5. The summed E-state index contributed by atoms with van der Waals surface area (Å²) < 4.78 is 36.4. The van der Waals surface area contributed by atoms with Crippen LogP contribution in [0.15, 0.2) is 139 Å². The summed E-state index contributed by atoms with van der Waals surface area (Å²) in [6.07, 6.45) is 32.6. The van der Waals surface area contributed by atoms with Crippen molar-refractivity contribution in [3.63, 3.8) is 0 Å². The molecule has 4 amide bonds. The number of methoxy groups -OCH3 is 4. The molecule has 8 atom stereocenters. The first kappa shape index (κ1) is 85.0. The molecule has 9 aromatic heterocycles. The molecule has 5 N–H and O–H groups in total. The Balaban J connectivity index is 0.000000115. The zero-order valence-corrected chi connectivity index (χ0v) is 74.5. The van der Waals surface area contributed by atoms with Gasteiger partial charge >= 0.3 is 0 Å². The van der Waals surface area contributed by atoms with Crippen LogP contribution in [-0.4, -0.2) is 247 Å². The van der Waals surface area contributed by atoms with Crippen LogP contribution < -0.4 is 50.4 Å². The van der Waals surface area contributed by atoms with E-state index in [2.05, 4.69) is 156 Å². The van der Waals surface area contributed by atoms with Crippen molar-refractivity contribution in [2.24, 2.45) is 87.4 Å². The lowest BCUT2D eigenvalue weighted by atomic mass is 9.83. The molecule has 21 rings (SSSR count). The van der Waals surface area contributed by atoms with Crippen molar-refractivity contribution in [3.8, 4) is 23.5 Å².